The Balaban J connectivity index is 2.43. The van der Waals surface area contributed by atoms with Crippen LogP contribution in [0, 0.1) is 21.8 Å². The summed E-state index contributed by atoms with van der Waals surface area (Å²) in [4.78, 5) is 33.8. The summed E-state index contributed by atoms with van der Waals surface area (Å²) in [6.07, 6.45) is -0.0973. The second kappa shape index (κ2) is 4.76. The van der Waals surface area contributed by atoms with Crippen LogP contribution >= 0.6 is 0 Å². The first-order valence-corrected chi connectivity index (χ1v) is 5.64. The molecule has 1 aliphatic heterocycles. The van der Waals surface area contributed by atoms with Crippen LogP contribution in [0.15, 0.2) is 12.1 Å². The van der Waals surface area contributed by atoms with Gasteiger partial charge >= 0.3 is 5.69 Å². The average Bonchev–Trinajstić information content (AvgIpc) is 2.71. The number of amides is 2. The molecule has 0 aromatic heterocycles. The summed E-state index contributed by atoms with van der Waals surface area (Å²) in [6.45, 7) is -0.0266. The first-order chi connectivity index (χ1) is 9.31. The molecule has 1 heterocycles. The maximum Gasteiger partial charge on any atom is 0.307 e. The summed E-state index contributed by atoms with van der Waals surface area (Å²) in [7, 11) is 0. The number of nitrogen functional groups attached to an aromatic ring is 1. The highest BCUT2D eigenvalue weighted by molar-refractivity contribution is 6.02. The van der Waals surface area contributed by atoms with Crippen LogP contribution in [-0.4, -0.2) is 23.3 Å². The van der Waals surface area contributed by atoms with E-state index in [0.29, 0.717) is 0 Å². The van der Waals surface area contributed by atoms with E-state index in [0.717, 1.165) is 17.0 Å². The molecule has 2 amide bonds. The molecule has 0 aliphatic carbocycles. The normalized spacial score (nSPS) is 18.4. The summed E-state index contributed by atoms with van der Waals surface area (Å²) >= 11 is 0. The second-order valence-corrected chi connectivity index (χ2v) is 4.43. The van der Waals surface area contributed by atoms with Crippen LogP contribution in [0.4, 0.5) is 21.5 Å². The molecule has 106 valence electrons. The minimum Gasteiger partial charge on any atom is -0.397 e. The number of nitrogens with zero attached hydrogens (tertiary/aromatic N) is 2. The van der Waals surface area contributed by atoms with Crippen molar-refractivity contribution >= 4 is 28.9 Å². The average molecular weight is 282 g/mol. The first kappa shape index (κ1) is 13.7. The fourth-order valence-electron chi connectivity index (χ4n) is 2.07. The molecule has 0 saturated carbocycles. The number of nitro groups is 1. The van der Waals surface area contributed by atoms with Gasteiger partial charge < -0.3 is 16.4 Å². The van der Waals surface area contributed by atoms with Gasteiger partial charge in [0.25, 0.3) is 0 Å². The van der Waals surface area contributed by atoms with Crippen molar-refractivity contribution in [3.8, 4) is 0 Å². The summed E-state index contributed by atoms with van der Waals surface area (Å²) in [6, 6.07) is 1.66. The Kier molecular flexibility index (Phi) is 3.26. The van der Waals surface area contributed by atoms with Gasteiger partial charge in [-0.25, -0.2) is 0 Å². The quantitative estimate of drug-likeness (QED) is 0.462. The molecule has 2 rings (SSSR count). The molecule has 1 atom stereocenters. The second-order valence-electron chi connectivity index (χ2n) is 4.43. The van der Waals surface area contributed by atoms with E-state index in [9.17, 15) is 24.1 Å². The van der Waals surface area contributed by atoms with Crippen LogP contribution in [0.2, 0.25) is 0 Å². The number of carbonyl (C=O) groups excluding carboxylic acids is 2. The molecule has 9 heteroatoms. The van der Waals surface area contributed by atoms with Gasteiger partial charge in [0.15, 0.2) is 0 Å². The van der Waals surface area contributed by atoms with Crippen LogP contribution < -0.4 is 16.4 Å². The highest BCUT2D eigenvalue weighted by atomic mass is 19.1. The Hall–Kier alpha value is -2.71. The van der Waals surface area contributed by atoms with Gasteiger partial charge in [-0.1, -0.05) is 0 Å². The van der Waals surface area contributed by atoms with E-state index in [1.807, 2.05) is 0 Å². The van der Waals surface area contributed by atoms with Crippen molar-refractivity contribution in [3.05, 3.63) is 28.1 Å². The number of rotatable bonds is 3. The van der Waals surface area contributed by atoms with Crippen molar-refractivity contribution in [2.45, 2.75) is 6.42 Å². The van der Waals surface area contributed by atoms with E-state index in [1.54, 1.807) is 0 Å². The van der Waals surface area contributed by atoms with Crippen LogP contribution in [0.25, 0.3) is 0 Å². The smallest absolute Gasteiger partial charge is 0.307 e. The fraction of sp³-hybridized carbons (Fsp3) is 0.273. The SMILES string of the molecule is NC(=O)C1CC(=O)N(c2cc([N+](=O)[O-])c(F)cc2N)C1. The number of benzene rings is 1. The number of primary amides is 1. The maximum absolute atomic E-state index is 13.4. The predicted molar refractivity (Wildman–Crippen MR) is 67.1 cm³/mol. The Morgan fingerprint density at radius 2 is 2.15 bits per heavy atom. The number of anilines is 2. The third kappa shape index (κ3) is 2.25. The highest BCUT2D eigenvalue weighted by Crippen LogP contribution is 2.34. The predicted octanol–water partition coefficient (Wildman–Crippen LogP) is 0.154. The van der Waals surface area contributed by atoms with Crippen molar-refractivity contribution in [2.24, 2.45) is 11.7 Å². The minimum absolute atomic E-state index is 0.00634. The van der Waals surface area contributed by atoms with Crippen molar-refractivity contribution < 1.29 is 18.9 Å². The van der Waals surface area contributed by atoms with Crippen molar-refractivity contribution in [3.63, 3.8) is 0 Å². The van der Waals surface area contributed by atoms with E-state index < -0.39 is 34.2 Å². The van der Waals surface area contributed by atoms with Crippen LogP contribution in [0.3, 0.4) is 0 Å². The van der Waals surface area contributed by atoms with E-state index in [1.165, 1.54) is 0 Å². The van der Waals surface area contributed by atoms with E-state index in [-0.39, 0.29) is 24.3 Å². The van der Waals surface area contributed by atoms with Crippen LogP contribution in [0.1, 0.15) is 6.42 Å². The van der Waals surface area contributed by atoms with E-state index >= 15 is 0 Å². The third-order valence-corrected chi connectivity index (χ3v) is 3.11. The number of nitro benzene ring substituents is 1. The van der Waals surface area contributed by atoms with Gasteiger partial charge in [-0.15, -0.1) is 0 Å². The van der Waals surface area contributed by atoms with Crippen molar-refractivity contribution in [1.82, 2.24) is 0 Å². The molecule has 1 unspecified atom stereocenters. The molecule has 8 nitrogen and oxygen atoms in total. The molecule has 20 heavy (non-hydrogen) atoms. The van der Waals surface area contributed by atoms with Gasteiger partial charge in [0, 0.05) is 25.1 Å². The van der Waals surface area contributed by atoms with Gasteiger partial charge in [-0.05, 0) is 0 Å². The lowest BCUT2D eigenvalue weighted by Gasteiger charge is -2.18. The van der Waals surface area contributed by atoms with Gasteiger partial charge in [-0.2, -0.15) is 4.39 Å². The van der Waals surface area contributed by atoms with E-state index in [2.05, 4.69) is 0 Å². The standard InChI is InChI=1S/C11H11FN4O4/c12-6-2-7(13)9(3-8(6)16(19)20)15-4-5(11(14)18)1-10(15)17/h2-3,5H,1,4,13H2,(H2,14,18). The molecular weight excluding hydrogens is 271 g/mol. The van der Waals surface area contributed by atoms with Gasteiger partial charge in [-0.3, -0.25) is 19.7 Å². The third-order valence-electron chi connectivity index (χ3n) is 3.11. The van der Waals surface area contributed by atoms with E-state index in [4.69, 9.17) is 11.5 Å². The molecule has 4 N–H and O–H groups in total. The molecule has 1 aromatic carbocycles. The number of halogens is 1. The Labute approximate surface area is 112 Å². The van der Waals surface area contributed by atoms with Gasteiger partial charge in [0.2, 0.25) is 17.6 Å². The number of hydrogen-bond acceptors (Lipinski definition) is 5. The molecule has 1 saturated heterocycles. The van der Waals surface area contributed by atoms with Crippen LogP contribution in [-0.2, 0) is 9.59 Å². The molecule has 0 radical (unpaired) electrons. The number of hydrogen-bond donors (Lipinski definition) is 2. The largest absolute Gasteiger partial charge is 0.397 e. The summed E-state index contributed by atoms with van der Waals surface area (Å²) in [5, 5.41) is 10.7. The van der Waals surface area contributed by atoms with Gasteiger partial charge in [0.1, 0.15) is 0 Å². The summed E-state index contributed by atoms with van der Waals surface area (Å²) in [5.74, 6) is -2.86. The van der Waals surface area contributed by atoms with Crippen molar-refractivity contribution in [2.75, 3.05) is 17.2 Å². The van der Waals surface area contributed by atoms with Crippen molar-refractivity contribution in [1.29, 1.82) is 0 Å². The zero-order chi connectivity index (χ0) is 15.0. The molecule has 1 aliphatic rings. The lowest BCUT2D eigenvalue weighted by atomic mass is 10.1. The fourth-order valence-corrected chi connectivity index (χ4v) is 2.07. The number of carbonyl (C=O) groups is 2. The zero-order valence-electron chi connectivity index (χ0n) is 10.2. The highest BCUT2D eigenvalue weighted by Gasteiger charge is 2.35. The topological polar surface area (TPSA) is 133 Å². The summed E-state index contributed by atoms with van der Waals surface area (Å²) < 4.78 is 13.4. The molecule has 1 fully saturated rings. The molecule has 1 aromatic rings. The number of nitrogens with two attached hydrogens (primary N) is 2. The lowest BCUT2D eigenvalue weighted by Crippen LogP contribution is -2.29. The summed E-state index contributed by atoms with van der Waals surface area (Å²) in [5.41, 5.74) is 9.80. The van der Waals surface area contributed by atoms with Gasteiger partial charge in [0.05, 0.1) is 22.2 Å². The zero-order valence-corrected chi connectivity index (χ0v) is 10.2. The lowest BCUT2D eigenvalue weighted by molar-refractivity contribution is -0.387. The molecule has 0 bridgehead atoms. The Bertz CT molecular complexity index is 619. The monoisotopic (exact) mass is 282 g/mol. The minimum atomic E-state index is -1.09. The Morgan fingerprint density at radius 1 is 1.50 bits per heavy atom. The molecular formula is C11H11FN4O4. The first-order valence-electron chi connectivity index (χ1n) is 5.64. The Morgan fingerprint density at radius 3 is 2.65 bits per heavy atom. The van der Waals surface area contributed by atoms with Crippen LogP contribution in [0.5, 0.6) is 0 Å². The maximum atomic E-state index is 13.4. The molecule has 0 spiro atoms.